The predicted octanol–water partition coefficient (Wildman–Crippen LogP) is 1.97. The molecule has 8 nitrogen and oxygen atoms in total. The van der Waals surface area contributed by atoms with Gasteiger partial charge in [0.15, 0.2) is 0 Å². The first kappa shape index (κ1) is 18.4. The molecule has 25 heavy (non-hydrogen) atoms. The molecule has 0 radical (unpaired) electrons. The van der Waals surface area contributed by atoms with Gasteiger partial charge in [-0.15, -0.1) is 0 Å². The van der Waals surface area contributed by atoms with Crippen LogP contribution in [0.15, 0.2) is 53.4 Å². The van der Waals surface area contributed by atoms with E-state index in [1.165, 1.54) is 19.1 Å². The number of hydrogen-bond donors (Lipinski definition) is 1. The Balaban J connectivity index is 2.53. The normalized spacial score (nSPS) is 11.1. The molecule has 0 unspecified atom stereocenters. The number of benzene rings is 2. The lowest BCUT2D eigenvalue weighted by molar-refractivity contribution is -0.385. The van der Waals surface area contributed by atoms with Crippen molar-refractivity contribution in [2.24, 2.45) is 5.73 Å². The second-order valence-electron chi connectivity index (χ2n) is 5.33. The second kappa shape index (κ2) is 7.31. The van der Waals surface area contributed by atoms with Crippen molar-refractivity contribution in [3.8, 4) is 0 Å². The first-order valence-electron chi connectivity index (χ1n) is 7.34. The zero-order valence-corrected chi connectivity index (χ0v) is 14.3. The lowest BCUT2D eigenvalue weighted by atomic mass is 10.2. The lowest BCUT2D eigenvalue weighted by Crippen LogP contribution is -2.34. The summed E-state index contributed by atoms with van der Waals surface area (Å²) in [5.41, 5.74) is 5.54. The van der Waals surface area contributed by atoms with Gasteiger partial charge in [0.1, 0.15) is 0 Å². The quantitative estimate of drug-likeness (QED) is 0.595. The van der Waals surface area contributed by atoms with Crippen LogP contribution in [0, 0.1) is 17.0 Å². The standard InChI is InChI=1S/C16H17N3O5S/c1-12-7-8-14(11-15(12)19(21)22)25(23,24)18(10-9-16(17)20)13-5-3-2-4-6-13/h2-8,11H,9-10H2,1H3,(H2,17,20). The number of nitro groups is 1. The minimum atomic E-state index is -4.10. The number of nitrogens with zero attached hydrogens (tertiary/aromatic N) is 2. The molecule has 2 N–H and O–H groups in total. The first-order chi connectivity index (χ1) is 11.7. The van der Waals surface area contributed by atoms with Crippen LogP contribution in [0.4, 0.5) is 11.4 Å². The highest BCUT2D eigenvalue weighted by molar-refractivity contribution is 7.92. The molecule has 0 heterocycles. The van der Waals surface area contributed by atoms with Gasteiger partial charge >= 0.3 is 0 Å². The van der Waals surface area contributed by atoms with Crippen LogP contribution in [0.2, 0.25) is 0 Å². The summed E-state index contributed by atoms with van der Waals surface area (Å²) in [4.78, 5) is 21.3. The fraction of sp³-hybridized carbons (Fsp3) is 0.188. The summed E-state index contributed by atoms with van der Waals surface area (Å²) in [6.07, 6.45) is -0.178. The van der Waals surface area contributed by atoms with E-state index < -0.39 is 20.9 Å². The third-order valence-electron chi connectivity index (χ3n) is 3.57. The van der Waals surface area contributed by atoms with Crippen molar-refractivity contribution in [3.63, 3.8) is 0 Å². The molecule has 2 rings (SSSR count). The van der Waals surface area contributed by atoms with Crippen LogP contribution in [-0.4, -0.2) is 25.8 Å². The maximum absolute atomic E-state index is 13.0. The molecular formula is C16H17N3O5S. The highest BCUT2D eigenvalue weighted by Gasteiger charge is 2.27. The molecule has 132 valence electrons. The van der Waals surface area contributed by atoms with Crippen LogP contribution in [0.25, 0.3) is 0 Å². The Labute approximate surface area is 145 Å². The fourth-order valence-corrected chi connectivity index (χ4v) is 3.75. The zero-order chi connectivity index (χ0) is 18.6. The predicted molar refractivity (Wildman–Crippen MR) is 92.6 cm³/mol. The van der Waals surface area contributed by atoms with Gasteiger partial charge in [0.25, 0.3) is 15.7 Å². The van der Waals surface area contributed by atoms with Crippen molar-refractivity contribution < 1.29 is 18.1 Å². The van der Waals surface area contributed by atoms with E-state index in [9.17, 15) is 23.3 Å². The minimum Gasteiger partial charge on any atom is -0.370 e. The van der Waals surface area contributed by atoms with Gasteiger partial charge in [-0.3, -0.25) is 19.2 Å². The summed E-state index contributed by atoms with van der Waals surface area (Å²) in [6, 6.07) is 11.9. The van der Waals surface area contributed by atoms with Crippen molar-refractivity contribution in [1.82, 2.24) is 0 Å². The monoisotopic (exact) mass is 363 g/mol. The number of anilines is 1. The molecule has 0 atom stereocenters. The topological polar surface area (TPSA) is 124 Å². The number of para-hydroxylation sites is 1. The van der Waals surface area contributed by atoms with Gasteiger partial charge in [0.2, 0.25) is 5.91 Å². The largest absolute Gasteiger partial charge is 0.370 e. The van der Waals surface area contributed by atoms with E-state index in [0.29, 0.717) is 11.3 Å². The van der Waals surface area contributed by atoms with Gasteiger partial charge in [0.05, 0.1) is 15.5 Å². The number of amides is 1. The van der Waals surface area contributed by atoms with E-state index >= 15 is 0 Å². The Morgan fingerprint density at radius 3 is 2.40 bits per heavy atom. The third-order valence-corrected chi connectivity index (χ3v) is 5.39. The summed E-state index contributed by atoms with van der Waals surface area (Å²) < 4.78 is 27.0. The first-order valence-corrected chi connectivity index (χ1v) is 8.78. The van der Waals surface area contributed by atoms with E-state index in [2.05, 4.69) is 0 Å². The van der Waals surface area contributed by atoms with E-state index in [-0.39, 0.29) is 23.5 Å². The van der Waals surface area contributed by atoms with Crippen LogP contribution in [0.3, 0.4) is 0 Å². The summed E-state index contributed by atoms with van der Waals surface area (Å²) in [6.45, 7) is 1.36. The molecule has 0 fully saturated rings. The Hall–Kier alpha value is -2.94. The Morgan fingerprint density at radius 2 is 1.84 bits per heavy atom. The van der Waals surface area contributed by atoms with Gasteiger partial charge < -0.3 is 5.73 Å². The molecule has 1 amide bonds. The highest BCUT2D eigenvalue weighted by atomic mass is 32.2. The van der Waals surface area contributed by atoms with Gasteiger partial charge in [0, 0.05) is 24.6 Å². The molecule has 0 bridgehead atoms. The van der Waals surface area contributed by atoms with Crippen LogP contribution < -0.4 is 10.0 Å². The SMILES string of the molecule is Cc1ccc(S(=O)(=O)N(CCC(N)=O)c2ccccc2)cc1[N+](=O)[O-]. The van der Waals surface area contributed by atoms with E-state index in [1.54, 1.807) is 30.3 Å². The Kier molecular flexibility index (Phi) is 5.38. The number of hydrogen-bond acceptors (Lipinski definition) is 5. The van der Waals surface area contributed by atoms with Gasteiger partial charge in [-0.25, -0.2) is 8.42 Å². The third kappa shape index (κ3) is 4.13. The number of carbonyl (C=O) groups excluding carboxylic acids is 1. The van der Waals surface area contributed by atoms with Crippen molar-refractivity contribution in [2.45, 2.75) is 18.2 Å². The molecular weight excluding hydrogens is 346 g/mol. The molecule has 0 saturated carbocycles. The summed E-state index contributed by atoms with van der Waals surface area (Å²) in [5.74, 6) is -0.647. The van der Waals surface area contributed by atoms with Crippen LogP contribution in [-0.2, 0) is 14.8 Å². The van der Waals surface area contributed by atoms with Gasteiger partial charge in [-0.05, 0) is 25.1 Å². The molecule has 0 saturated heterocycles. The van der Waals surface area contributed by atoms with Crippen molar-refractivity contribution in [1.29, 1.82) is 0 Å². The molecule has 0 aliphatic rings. The van der Waals surface area contributed by atoms with Crippen molar-refractivity contribution in [3.05, 3.63) is 64.2 Å². The van der Waals surface area contributed by atoms with Crippen LogP contribution in [0.5, 0.6) is 0 Å². The highest BCUT2D eigenvalue weighted by Crippen LogP contribution is 2.27. The molecule has 2 aromatic carbocycles. The molecule has 9 heteroatoms. The minimum absolute atomic E-state index is 0.163. The summed E-state index contributed by atoms with van der Waals surface area (Å²) in [5, 5.41) is 11.1. The van der Waals surface area contributed by atoms with E-state index in [4.69, 9.17) is 5.73 Å². The second-order valence-corrected chi connectivity index (χ2v) is 7.20. The Bertz CT molecular complexity index is 897. The number of nitrogens with two attached hydrogens (primary N) is 1. The van der Waals surface area contributed by atoms with Gasteiger partial charge in [-0.2, -0.15) is 0 Å². The average molecular weight is 363 g/mol. The van der Waals surface area contributed by atoms with Crippen molar-refractivity contribution in [2.75, 3.05) is 10.8 Å². The van der Waals surface area contributed by atoms with Crippen LogP contribution in [0.1, 0.15) is 12.0 Å². The summed E-state index contributed by atoms with van der Waals surface area (Å²) >= 11 is 0. The summed E-state index contributed by atoms with van der Waals surface area (Å²) in [7, 11) is -4.10. The number of sulfonamides is 1. The molecule has 0 aliphatic carbocycles. The number of carbonyl (C=O) groups is 1. The van der Waals surface area contributed by atoms with Gasteiger partial charge in [-0.1, -0.05) is 24.3 Å². The number of primary amides is 1. The number of rotatable bonds is 7. The Morgan fingerprint density at radius 1 is 1.20 bits per heavy atom. The zero-order valence-electron chi connectivity index (χ0n) is 13.5. The van der Waals surface area contributed by atoms with E-state index in [0.717, 1.165) is 10.4 Å². The smallest absolute Gasteiger partial charge is 0.273 e. The fourth-order valence-electron chi connectivity index (χ4n) is 2.27. The average Bonchev–Trinajstić information content (AvgIpc) is 2.55. The molecule has 0 aliphatic heterocycles. The maximum Gasteiger partial charge on any atom is 0.273 e. The number of aryl methyl sites for hydroxylation is 1. The van der Waals surface area contributed by atoms with Crippen molar-refractivity contribution >= 4 is 27.3 Å². The lowest BCUT2D eigenvalue weighted by Gasteiger charge is -2.24. The maximum atomic E-state index is 13.0. The van der Waals surface area contributed by atoms with E-state index in [1.807, 2.05) is 0 Å². The van der Waals surface area contributed by atoms with Crippen LogP contribution >= 0.6 is 0 Å². The molecule has 0 spiro atoms. The molecule has 0 aromatic heterocycles. The molecule has 2 aromatic rings. The number of nitro benzene ring substituents is 1.